The predicted octanol–water partition coefficient (Wildman–Crippen LogP) is 2.66. The number of aliphatic carboxylic acids is 1. The molecule has 0 aliphatic heterocycles. The van der Waals surface area contributed by atoms with Crippen LogP contribution >= 0.6 is 0 Å². The number of carboxylic acids is 1. The molecule has 4 nitrogen and oxygen atoms in total. The van der Waals surface area contributed by atoms with E-state index in [4.69, 9.17) is 15.6 Å². The van der Waals surface area contributed by atoms with Crippen molar-refractivity contribution in [1.29, 1.82) is 0 Å². The minimum absolute atomic E-state index is 0.0897. The number of benzene rings is 1. The Morgan fingerprint density at radius 3 is 2.00 bits per heavy atom. The molecule has 1 aromatic rings. The van der Waals surface area contributed by atoms with Gasteiger partial charge in [0, 0.05) is 11.3 Å². The Labute approximate surface area is 107 Å². The van der Waals surface area contributed by atoms with Crippen LogP contribution in [0.3, 0.4) is 0 Å². The molecule has 0 saturated carbocycles. The summed E-state index contributed by atoms with van der Waals surface area (Å²) in [5, 5.41) is 7.12. The number of carbonyl (C=O) groups excluding carboxylic acids is 1. The zero-order valence-electron chi connectivity index (χ0n) is 9.99. The minimum atomic E-state index is -5.08. The van der Waals surface area contributed by atoms with Crippen LogP contribution in [0.2, 0.25) is 0 Å². The van der Waals surface area contributed by atoms with Gasteiger partial charge >= 0.3 is 12.1 Å². The Kier molecular flexibility index (Phi) is 5.78. The molecule has 0 aromatic heterocycles. The van der Waals surface area contributed by atoms with E-state index < -0.39 is 12.1 Å². The SMILES string of the molecule is C=C(C)C(=O)c1ccccc1N.O=C(O)C(F)(F)F. The molecule has 0 atom stereocenters. The second kappa shape index (κ2) is 6.58. The van der Waals surface area contributed by atoms with Gasteiger partial charge in [-0.15, -0.1) is 0 Å². The van der Waals surface area contributed by atoms with Gasteiger partial charge in [0.05, 0.1) is 0 Å². The molecule has 0 unspecified atom stereocenters. The average Bonchev–Trinajstić information content (AvgIpc) is 2.28. The smallest absolute Gasteiger partial charge is 0.475 e. The number of Topliss-reactive ketones (excluding diaryl/α,β-unsaturated/α-hetero) is 1. The number of rotatable bonds is 2. The summed E-state index contributed by atoms with van der Waals surface area (Å²) in [6.07, 6.45) is -5.08. The molecule has 0 bridgehead atoms. The van der Waals surface area contributed by atoms with Crippen LogP contribution in [0.5, 0.6) is 0 Å². The lowest BCUT2D eigenvalue weighted by atomic mass is 10.0. The van der Waals surface area contributed by atoms with Gasteiger partial charge in [0.1, 0.15) is 0 Å². The highest BCUT2D eigenvalue weighted by atomic mass is 19.4. The Balaban J connectivity index is 0.000000399. The summed E-state index contributed by atoms with van der Waals surface area (Å²) >= 11 is 0. The highest BCUT2D eigenvalue weighted by molar-refractivity contribution is 6.11. The van der Waals surface area contributed by atoms with Crippen molar-refractivity contribution in [2.24, 2.45) is 0 Å². The van der Waals surface area contributed by atoms with Crippen molar-refractivity contribution in [3.8, 4) is 0 Å². The third-order valence-electron chi connectivity index (χ3n) is 1.84. The number of carbonyl (C=O) groups is 2. The first kappa shape index (κ1) is 16.7. The maximum atomic E-state index is 11.4. The van der Waals surface area contributed by atoms with Crippen LogP contribution in [0.1, 0.15) is 17.3 Å². The second-order valence-electron chi connectivity index (χ2n) is 3.50. The van der Waals surface area contributed by atoms with Gasteiger partial charge in [0.2, 0.25) is 0 Å². The number of ketones is 1. The number of halogens is 3. The van der Waals surface area contributed by atoms with Crippen molar-refractivity contribution in [1.82, 2.24) is 0 Å². The standard InChI is InChI=1S/C10H11NO.C2HF3O2/c1-7(2)10(12)8-5-3-4-6-9(8)11;3-2(4,5)1(6)7/h3-6H,1,11H2,2H3;(H,6,7). The maximum absolute atomic E-state index is 11.4. The van der Waals surface area contributed by atoms with E-state index in [1.807, 2.05) is 0 Å². The van der Waals surface area contributed by atoms with Gasteiger partial charge < -0.3 is 10.8 Å². The molecule has 0 saturated heterocycles. The number of anilines is 1. The monoisotopic (exact) mass is 275 g/mol. The number of alkyl halides is 3. The van der Waals surface area contributed by atoms with Gasteiger partial charge in [-0.1, -0.05) is 18.7 Å². The summed E-state index contributed by atoms with van der Waals surface area (Å²) in [7, 11) is 0. The highest BCUT2D eigenvalue weighted by Gasteiger charge is 2.38. The van der Waals surface area contributed by atoms with Crippen LogP contribution in [0, 0.1) is 0 Å². The molecule has 7 heteroatoms. The van der Waals surface area contributed by atoms with Crippen LogP contribution in [0.4, 0.5) is 18.9 Å². The average molecular weight is 275 g/mol. The summed E-state index contributed by atoms with van der Waals surface area (Å²) < 4.78 is 31.7. The van der Waals surface area contributed by atoms with E-state index in [1.165, 1.54) is 0 Å². The molecule has 0 fully saturated rings. The lowest BCUT2D eigenvalue weighted by Crippen LogP contribution is -2.21. The van der Waals surface area contributed by atoms with Crippen molar-refractivity contribution >= 4 is 17.4 Å². The van der Waals surface area contributed by atoms with E-state index in [1.54, 1.807) is 31.2 Å². The van der Waals surface area contributed by atoms with E-state index in [0.29, 0.717) is 16.8 Å². The van der Waals surface area contributed by atoms with Crippen molar-refractivity contribution in [3.63, 3.8) is 0 Å². The van der Waals surface area contributed by atoms with Crippen LogP contribution < -0.4 is 5.73 Å². The van der Waals surface area contributed by atoms with E-state index in [0.717, 1.165) is 0 Å². The van der Waals surface area contributed by atoms with Crippen LogP contribution in [0.15, 0.2) is 36.4 Å². The van der Waals surface area contributed by atoms with Gasteiger partial charge in [-0.2, -0.15) is 13.2 Å². The number of para-hydroxylation sites is 1. The summed E-state index contributed by atoms with van der Waals surface area (Å²) in [6, 6.07) is 6.99. The third kappa shape index (κ3) is 5.71. The predicted molar refractivity (Wildman–Crippen MR) is 63.7 cm³/mol. The zero-order chi connectivity index (χ0) is 15.2. The lowest BCUT2D eigenvalue weighted by Gasteiger charge is -2.02. The number of allylic oxidation sites excluding steroid dienone is 1. The zero-order valence-corrected chi connectivity index (χ0v) is 9.99. The molecule has 0 aliphatic rings. The van der Waals surface area contributed by atoms with Gasteiger partial charge in [-0.05, 0) is 24.6 Å². The molecule has 0 heterocycles. The van der Waals surface area contributed by atoms with Crippen molar-refractivity contribution in [2.45, 2.75) is 13.1 Å². The first-order chi connectivity index (χ1) is 8.57. The highest BCUT2D eigenvalue weighted by Crippen LogP contribution is 2.14. The molecule has 3 N–H and O–H groups in total. The van der Waals surface area contributed by atoms with E-state index >= 15 is 0 Å². The molecule has 0 aliphatic carbocycles. The fourth-order valence-electron chi connectivity index (χ4n) is 0.934. The summed E-state index contributed by atoms with van der Waals surface area (Å²) in [5.74, 6) is -2.85. The number of carboxylic acid groups (broad SMARTS) is 1. The van der Waals surface area contributed by atoms with Gasteiger partial charge in [-0.3, -0.25) is 4.79 Å². The summed E-state index contributed by atoms with van der Waals surface area (Å²) in [6.45, 7) is 5.24. The van der Waals surface area contributed by atoms with E-state index in [-0.39, 0.29) is 5.78 Å². The quantitative estimate of drug-likeness (QED) is 0.494. The molecular formula is C12H12F3NO3. The molecule has 104 valence electrons. The van der Waals surface area contributed by atoms with Crippen molar-refractivity contribution in [3.05, 3.63) is 42.0 Å². The molecule has 1 aromatic carbocycles. The molecular weight excluding hydrogens is 263 g/mol. The van der Waals surface area contributed by atoms with Crippen LogP contribution in [0.25, 0.3) is 0 Å². The second-order valence-corrected chi connectivity index (χ2v) is 3.50. The molecule has 19 heavy (non-hydrogen) atoms. The fraction of sp³-hybridized carbons (Fsp3) is 0.167. The molecule has 0 radical (unpaired) electrons. The van der Waals surface area contributed by atoms with Crippen molar-refractivity contribution < 1.29 is 27.9 Å². The number of hydrogen-bond acceptors (Lipinski definition) is 3. The van der Waals surface area contributed by atoms with E-state index in [9.17, 15) is 18.0 Å². The topological polar surface area (TPSA) is 80.4 Å². The Hall–Kier alpha value is -2.31. The largest absolute Gasteiger partial charge is 0.490 e. The van der Waals surface area contributed by atoms with Gasteiger partial charge in [0.15, 0.2) is 5.78 Å². The summed E-state index contributed by atoms with van der Waals surface area (Å²) in [4.78, 5) is 20.3. The maximum Gasteiger partial charge on any atom is 0.490 e. The van der Waals surface area contributed by atoms with Gasteiger partial charge in [-0.25, -0.2) is 4.79 Å². The normalized spacial score (nSPS) is 10.1. The minimum Gasteiger partial charge on any atom is -0.475 e. The molecule has 0 spiro atoms. The molecule has 1 rings (SSSR count). The van der Waals surface area contributed by atoms with E-state index in [2.05, 4.69) is 6.58 Å². The Morgan fingerprint density at radius 2 is 1.68 bits per heavy atom. The third-order valence-corrected chi connectivity index (χ3v) is 1.84. The fourth-order valence-corrected chi connectivity index (χ4v) is 0.934. The Morgan fingerprint density at radius 1 is 1.26 bits per heavy atom. The van der Waals surface area contributed by atoms with Gasteiger partial charge in [0.25, 0.3) is 0 Å². The first-order valence-electron chi connectivity index (χ1n) is 4.92. The lowest BCUT2D eigenvalue weighted by molar-refractivity contribution is -0.192. The first-order valence-corrected chi connectivity index (χ1v) is 4.92. The van der Waals surface area contributed by atoms with Crippen LogP contribution in [-0.2, 0) is 4.79 Å². The van der Waals surface area contributed by atoms with Crippen LogP contribution in [-0.4, -0.2) is 23.0 Å². The Bertz CT molecular complexity index is 495. The molecule has 0 amide bonds. The number of hydrogen-bond donors (Lipinski definition) is 2. The summed E-state index contributed by atoms with van der Waals surface area (Å²) in [5.41, 5.74) is 7.14. The number of nitrogens with two attached hydrogens (primary N) is 1. The van der Waals surface area contributed by atoms with Crippen molar-refractivity contribution in [2.75, 3.05) is 5.73 Å². The number of nitrogen functional groups attached to an aromatic ring is 1.